The molecule has 8 nitrogen and oxygen atoms in total. The highest BCUT2D eigenvalue weighted by Crippen LogP contribution is 2.66. The van der Waals surface area contributed by atoms with E-state index in [1.807, 2.05) is 6.08 Å². The predicted molar refractivity (Wildman–Crippen MR) is 167 cm³/mol. The maximum Gasteiger partial charge on any atom is 0.181 e. The van der Waals surface area contributed by atoms with Crippen molar-refractivity contribution in [3.63, 3.8) is 0 Å². The van der Waals surface area contributed by atoms with Crippen LogP contribution in [0.1, 0.15) is 68.9 Å². The van der Waals surface area contributed by atoms with Gasteiger partial charge in [-0.1, -0.05) is 43.7 Å². The predicted octanol–water partition coefficient (Wildman–Crippen LogP) is 4.72. The summed E-state index contributed by atoms with van der Waals surface area (Å²) >= 11 is 0. The van der Waals surface area contributed by atoms with Crippen LogP contribution in [0.5, 0.6) is 5.75 Å². The first-order valence-corrected chi connectivity index (χ1v) is 15.7. The van der Waals surface area contributed by atoms with Gasteiger partial charge in [0, 0.05) is 40.1 Å². The van der Waals surface area contributed by atoms with E-state index in [2.05, 4.69) is 13.8 Å². The van der Waals surface area contributed by atoms with Gasteiger partial charge < -0.3 is 30.9 Å². The van der Waals surface area contributed by atoms with Gasteiger partial charge in [0.15, 0.2) is 17.9 Å². The van der Waals surface area contributed by atoms with Gasteiger partial charge in [0.1, 0.15) is 24.8 Å². The fourth-order valence-electron chi connectivity index (χ4n) is 8.89. The number of Topliss-reactive ketones (excluding diaryl/α,β-unsaturated/α-hetero) is 1. The van der Waals surface area contributed by atoms with Gasteiger partial charge in [-0.2, -0.15) is 0 Å². The SMILES string of the molecule is CC12C=CC(=O)C=C1CCC1C2C(O)CC2(C)C1CC[C@@H]2C(=O)CO.Cc1ccc(COc2cccc(N)c2)c(F)c1C(O)O. The van der Waals surface area contributed by atoms with Crippen molar-refractivity contribution in [1.29, 1.82) is 0 Å². The number of allylic oxidation sites excluding steroid dienone is 4. The molecule has 6 rings (SSSR count). The zero-order valence-electron chi connectivity index (χ0n) is 26.1. The highest BCUT2D eigenvalue weighted by atomic mass is 19.1. The molecule has 0 amide bonds. The Bertz CT molecular complexity index is 1520. The van der Waals surface area contributed by atoms with E-state index in [1.165, 1.54) is 0 Å². The lowest BCUT2D eigenvalue weighted by Crippen LogP contribution is -2.56. The van der Waals surface area contributed by atoms with Crippen molar-refractivity contribution in [1.82, 2.24) is 0 Å². The fourth-order valence-corrected chi connectivity index (χ4v) is 8.89. The van der Waals surface area contributed by atoms with Gasteiger partial charge in [-0.15, -0.1) is 0 Å². The number of hydrogen-bond acceptors (Lipinski definition) is 8. The summed E-state index contributed by atoms with van der Waals surface area (Å²) in [4.78, 5) is 24.1. The van der Waals surface area contributed by atoms with E-state index in [4.69, 9.17) is 10.5 Å². The molecular formula is C36H44FNO7. The van der Waals surface area contributed by atoms with E-state index >= 15 is 0 Å². The third-order valence-electron chi connectivity index (χ3n) is 11.0. The summed E-state index contributed by atoms with van der Waals surface area (Å²) in [5, 5.41) is 38.9. The Hall–Kier alpha value is -3.37. The summed E-state index contributed by atoms with van der Waals surface area (Å²) < 4.78 is 19.6. The number of nitrogens with two attached hydrogens (primary N) is 1. The summed E-state index contributed by atoms with van der Waals surface area (Å²) in [6, 6.07) is 9.98. The number of aryl methyl sites for hydroxylation is 1. The zero-order valence-corrected chi connectivity index (χ0v) is 26.1. The molecular weight excluding hydrogens is 577 g/mol. The molecule has 242 valence electrons. The third-order valence-corrected chi connectivity index (χ3v) is 11.0. The lowest BCUT2D eigenvalue weighted by Gasteiger charge is -2.58. The highest BCUT2D eigenvalue weighted by molar-refractivity contribution is 6.01. The van der Waals surface area contributed by atoms with E-state index in [0.29, 0.717) is 35.3 Å². The molecule has 4 aliphatic carbocycles. The molecule has 3 saturated carbocycles. The molecule has 7 atom stereocenters. The van der Waals surface area contributed by atoms with Gasteiger partial charge in [-0.3, -0.25) is 9.59 Å². The van der Waals surface area contributed by atoms with E-state index in [0.717, 1.165) is 31.3 Å². The van der Waals surface area contributed by atoms with Crippen LogP contribution in [0.15, 0.2) is 60.2 Å². The quantitative estimate of drug-likeness (QED) is 0.230. The lowest BCUT2D eigenvalue weighted by molar-refractivity contribution is -0.141. The molecule has 0 saturated heterocycles. The molecule has 2 aromatic carbocycles. The molecule has 0 aliphatic heterocycles. The average Bonchev–Trinajstić information content (AvgIpc) is 3.33. The maximum absolute atomic E-state index is 14.1. The number of hydrogen-bond donors (Lipinski definition) is 5. The Morgan fingerprint density at radius 2 is 1.91 bits per heavy atom. The number of benzene rings is 2. The zero-order chi connectivity index (χ0) is 32.7. The van der Waals surface area contributed by atoms with Crippen molar-refractivity contribution in [2.24, 2.45) is 34.5 Å². The number of rotatable bonds is 6. The molecule has 3 fully saturated rings. The van der Waals surface area contributed by atoms with Crippen LogP contribution in [0.2, 0.25) is 0 Å². The number of ether oxygens (including phenoxy) is 1. The van der Waals surface area contributed by atoms with Crippen LogP contribution in [-0.2, 0) is 16.2 Å². The first kappa shape index (κ1) is 33.0. The number of carbonyl (C=O) groups excluding carboxylic acids is 2. The number of halogens is 1. The molecule has 9 heteroatoms. The first-order chi connectivity index (χ1) is 21.3. The topological polar surface area (TPSA) is 150 Å². The Balaban J connectivity index is 0.000000183. The van der Waals surface area contributed by atoms with E-state index in [9.17, 15) is 34.4 Å². The van der Waals surface area contributed by atoms with Crippen LogP contribution in [0.25, 0.3) is 0 Å². The number of carbonyl (C=O) groups is 2. The standard InChI is InChI=1S/C21H28O4.C15H16FNO3/c1-20-8-7-13(23)9-12(20)3-4-14-15-5-6-16(18(25)11-22)21(15,2)10-17(24)19(14)20;1-9-5-6-10(14(16)13(9)15(18)19)8-20-12-4-2-3-11(17)7-12/h7-9,14-17,19,22,24H,3-6,10-11H2,1-2H3;2-7,15,18-19H,8,17H2,1H3/t14?,15?,16-,17?,19?,20?,21?;/m1./s1. The maximum atomic E-state index is 14.1. The number of fused-ring (bicyclic) bond motifs is 5. The highest BCUT2D eigenvalue weighted by Gasteiger charge is 2.62. The van der Waals surface area contributed by atoms with Crippen LogP contribution in [0, 0.1) is 47.2 Å². The molecule has 6 N–H and O–H groups in total. The van der Waals surface area contributed by atoms with Crippen LogP contribution >= 0.6 is 0 Å². The third kappa shape index (κ3) is 6.11. The van der Waals surface area contributed by atoms with Gasteiger partial charge in [-0.25, -0.2) is 4.39 Å². The van der Waals surface area contributed by atoms with E-state index in [-0.39, 0.29) is 52.0 Å². The summed E-state index contributed by atoms with van der Waals surface area (Å²) in [7, 11) is 0. The Kier molecular flexibility index (Phi) is 9.38. The molecule has 0 bridgehead atoms. The Labute approximate surface area is 263 Å². The summed E-state index contributed by atoms with van der Waals surface area (Å²) in [5.41, 5.74) is 7.46. The molecule has 0 heterocycles. The molecule has 6 unspecified atom stereocenters. The molecule has 4 aliphatic rings. The summed E-state index contributed by atoms with van der Waals surface area (Å²) in [5.74, 6) is 0.595. The Morgan fingerprint density at radius 1 is 1.16 bits per heavy atom. The average molecular weight is 622 g/mol. The molecule has 0 aromatic heterocycles. The minimum absolute atomic E-state index is 0.0186. The van der Waals surface area contributed by atoms with Gasteiger partial charge in [0.05, 0.1) is 6.10 Å². The minimum atomic E-state index is -1.85. The van der Waals surface area contributed by atoms with Gasteiger partial charge in [-0.05, 0) is 86.1 Å². The second-order valence-electron chi connectivity index (χ2n) is 13.6. The Morgan fingerprint density at radius 3 is 2.60 bits per heavy atom. The smallest absolute Gasteiger partial charge is 0.181 e. The van der Waals surface area contributed by atoms with Crippen molar-refractivity contribution >= 4 is 17.3 Å². The molecule has 2 aromatic rings. The number of nitrogen functional groups attached to an aromatic ring is 1. The number of anilines is 1. The van der Waals surface area contributed by atoms with Crippen molar-refractivity contribution in [3.8, 4) is 5.75 Å². The van der Waals surface area contributed by atoms with Crippen molar-refractivity contribution < 1.29 is 39.1 Å². The minimum Gasteiger partial charge on any atom is -0.489 e. The lowest BCUT2D eigenvalue weighted by atomic mass is 9.46. The van der Waals surface area contributed by atoms with Crippen LogP contribution in [0.3, 0.4) is 0 Å². The molecule has 45 heavy (non-hydrogen) atoms. The fraction of sp³-hybridized carbons (Fsp3) is 0.500. The monoisotopic (exact) mass is 621 g/mol. The number of aliphatic hydroxyl groups excluding tert-OH is 3. The number of ketones is 2. The van der Waals surface area contributed by atoms with Crippen LogP contribution < -0.4 is 10.5 Å². The normalized spacial score (nSPS) is 31.7. The van der Waals surface area contributed by atoms with Gasteiger partial charge in [0.25, 0.3) is 0 Å². The molecule has 0 radical (unpaired) electrons. The first-order valence-electron chi connectivity index (χ1n) is 15.7. The molecule has 0 spiro atoms. The van der Waals surface area contributed by atoms with Crippen LogP contribution in [0.4, 0.5) is 10.1 Å². The second-order valence-corrected chi connectivity index (χ2v) is 13.6. The van der Waals surface area contributed by atoms with E-state index in [1.54, 1.807) is 55.5 Å². The van der Waals surface area contributed by atoms with E-state index < -0.39 is 24.8 Å². The largest absolute Gasteiger partial charge is 0.489 e. The second kappa shape index (κ2) is 12.8. The summed E-state index contributed by atoms with van der Waals surface area (Å²) in [6.07, 6.45) is 7.41. The van der Waals surface area contributed by atoms with Crippen molar-refractivity contribution in [3.05, 3.63) is 82.7 Å². The van der Waals surface area contributed by atoms with Crippen molar-refractivity contribution in [2.45, 2.75) is 71.9 Å². The van der Waals surface area contributed by atoms with Gasteiger partial charge in [0.2, 0.25) is 0 Å². The summed E-state index contributed by atoms with van der Waals surface area (Å²) in [6.45, 7) is 5.51. The number of aliphatic hydroxyl groups is 4. The van der Waals surface area contributed by atoms with Crippen LogP contribution in [-0.4, -0.2) is 44.7 Å². The van der Waals surface area contributed by atoms with Crippen molar-refractivity contribution in [2.75, 3.05) is 12.3 Å². The van der Waals surface area contributed by atoms with Gasteiger partial charge >= 0.3 is 0 Å².